The molecular formula is C25H24N4O2. The fourth-order valence-corrected chi connectivity index (χ4v) is 3.33. The average molecular weight is 412 g/mol. The second kappa shape index (κ2) is 9.26. The Morgan fingerprint density at radius 2 is 1.81 bits per heavy atom. The zero-order valence-electron chi connectivity index (χ0n) is 17.6. The maximum atomic E-state index is 12.6. The molecule has 6 heteroatoms. The van der Waals surface area contributed by atoms with E-state index < -0.39 is 0 Å². The monoisotopic (exact) mass is 412 g/mol. The first-order chi connectivity index (χ1) is 15.1. The second-order valence-electron chi connectivity index (χ2n) is 7.44. The van der Waals surface area contributed by atoms with Crippen molar-refractivity contribution in [2.75, 3.05) is 7.05 Å². The molecule has 0 N–H and O–H groups in total. The van der Waals surface area contributed by atoms with E-state index in [0.29, 0.717) is 13.1 Å². The average Bonchev–Trinajstić information content (AvgIpc) is 3.39. The largest absolute Gasteiger partial charge is 0.361 e. The van der Waals surface area contributed by atoms with Crippen LogP contribution >= 0.6 is 0 Å². The fourth-order valence-electron chi connectivity index (χ4n) is 3.33. The molecule has 0 aliphatic heterocycles. The highest BCUT2D eigenvalue weighted by molar-refractivity contribution is 5.92. The van der Waals surface area contributed by atoms with Gasteiger partial charge in [-0.1, -0.05) is 65.8 Å². The van der Waals surface area contributed by atoms with Crippen molar-refractivity contribution < 1.29 is 9.32 Å². The summed E-state index contributed by atoms with van der Waals surface area (Å²) < 4.78 is 6.98. The van der Waals surface area contributed by atoms with Crippen LogP contribution in [0.2, 0.25) is 0 Å². The van der Waals surface area contributed by atoms with Crippen LogP contribution in [0, 0.1) is 6.92 Å². The van der Waals surface area contributed by atoms with Gasteiger partial charge in [-0.05, 0) is 18.6 Å². The summed E-state index contributed by atoms with van der Waals surface area (Å²) in [5, 5.41) is 8.73. The second-order valence-corrected chi connectivity index (χ2v) is 7.44. The van der Waals surface area contributed by atoms with Gasteiger partial charge >= 0.3 is 0 Å². The Bertz CT molecular complexity index is 1180. The Balaban J connectivity index is 1.56. The summed E-state index contributed by atoms with van der Waals surface area (Å²) in [5.41, 5.74) is 4.63. The third kappa shape index (κ3) is 5.17. The van der Waals surface area contributed by atoms with Crippen LogP contribution < -0.4 is 0 Å². The molecule has 0 fully saturated rings. The van der Waals surface area contributed by atoms with Crippen LogP contribution in [-0.2, 0) is 17.9 Å². The molecule has 0 unspecified atom stereocenters. The number of benzene rings is 2. The van der Waals surface area contributed by atoms with Crippen LogP contribution in [0.15, 0.2) is 83.5 Å². The van der Waals surface area contributed by atoms with Crippen LogP contribution in [-0.4, -0.2) is 32.8 Å². The number of rotatable bonds is 7. The topological polar surface area (TPSA) is 64.2 Å². The molecule has 0 saturated heterocycles. The van der Waals surface area contributed by atoms with Crippen molar-refractivity contribution >= 4 is 12.0 Å². The quantitative estimate of drug-likeness (QED) is 0.417. The lowest BCUT2D eigenvalue weighted by Crippen LogP contribution is -2.24. The van der Waals surface area contributed by atoms with Gasteiger partial charge in [0.2, 0.25) is 5.91 Å². The molecular weight excluding hydrogens is 388 g/mol. The van der Waals surface area contributed by atoms with Crippen molar-refractivity contribution in [2.24, 2.45) is 0 Å². The molecule has 156 valence electrons. The predicted octanol–water partition coefficient (Wildman–Crippen LogP) is 4.57. The fraction of sp³-hybridized carbons (Fsp3) is 0.160. The summed E-state index contributed by atoms with van der Waals surface area (Å²) in [4.78, 5) is 14.2. The Morgan fingerprint density at radius 1 is 1.10 bits per heavy atom. The van der Waals surface area contributed by atoms with Crippen molar-refractivity contribution in [3.05, 3.63) is 102 Å². The summed E-state index contributed by atoms with van der Waals surface area (Å²) in [6.07, 6.45) is 5.37. The summed E-state index contributed by atoms with van der Waals surface area (Å²) in [6.45, 7) is 2.88. The van der Waals surface area contributed by atoms with Gasteiger partial charge in [0.15, 0.2) is 0 Å². The van der Waals surface area contributed by atoms with E-state index in [-0.39, 0.29) is 5.91 Å². The van der Waals surface area contributed by atoms with E-state index in [9.17, 15) is 4.79 Å². The molecule has 0 aliphatic carbocycles. The number of amides is 1. The van der Waals surface area contributed by atoms with Gasteiger partial charge in [-0.25, -0.2) is 0 Å². The summed E-state index contributed by atoms with van der Waals surface area (Å²) in [6, 6.07) is 22.0. The summed E-state index contributed by atoms with van der Waals surface area (Å²) in [7, 11) is 1.74. The molecule has 2 aromatic carbocycles. The van der Waals surface area contributed by atoms with Crippen molar-refractivity contribution in [2.45, 2.75) is 20.0 Å². The predicted molar refractivity (Wildman–Crippen MR) is 120 cm³/mol. The Morgan fingerprint density at radius 3 is 2.48 bits per heavy atom. The zero-order valence-corrected chi connectivity index (χ0v) is 17.6. The molecule has 4 rings (SSSR count). The number of hydrogen-bond donors (Lipinski definition) is 0. The highest BCUT2D eigenvalue weighted by atomic mass is 16.5. The molecule has 0 atom stereocenters. The normalized spacial score (nSPS) is 11.2. The zero-order chi connectivity index (χ0) is 21.6. The minimum absolute atomic E-state index is 0.115. The van der Waals surface area contributed by atoms with Gasteiger partial charge in [-0.3, -0.25) is 9.48 Å². The molecule has 2 heterocycles. The molecule has 6 nitrogen and oxygen atoms in total. The third-order valence-corrected chi connectivity index (χ3v) is 4.88. The lowest BCUT2D eigenvalue weighted by atomic mass is 10.1. The van der Waals surface area contributed by atoms with Gasteiger partial charge in [0.25, 0.3) is 0 Å². The SMILES string of the molecule is Cc1cc(CN(C)C(=O)/C=C/c2cn(Cc3ccccc3)nc2-c2ccccc2)no1. The highest BCUT2D eigenvalue weighted by Gasteiger charge is 2.12. The van der Waals surface area contributed by atoms with E-state index in [4.69, 9.17) is 9.62 Å². The van der Waals surface area contributed by atoms with E-state index in [0.717, 1.165) is 28.3 Å². The lowest BCUT2D eigenvalue weighted by molar-refractivity contribution is -0.125. The van der Waals surface area contributed by atoms with Crippen LogP contribution in [0.4, 0.5) is 0 Å². The number of nitrogens with zero attached hydrogens (tertiary/aromatic N) is 4. The van der Waals surface area contributed by atoms with E-state index >= 15 is 0 Å². The maximum Gasteiger partial charge on any atom is 0.246 e. The van der Waals surface area contributed by atoms with Crippen LogP contribution in [0.3, 0.4) is 0 Å². The smallest absolute Gasteiger partial charge is 0.246 e. The number of carbonyl (C=O) groups is 1. The first kappa shape index (κ1) is 20.3. The number of aryl methyl sites for hydroxylation is 1. The van der Waals surface area contributed by atoms with Crippen LogP contribution in [0.25, 0.3) is 17.3 Å². The van der Waals surface area contributed by atoms with Crippen LogP contribution in [0.5, 0.6) is 0 Å². The lowest BCUT2D eigenvalue weighted by Gasteiger charge is -2.12. The molecule has 31 heavy (non-hydrogen) atoms. The summed E-state index contributed by atoms with van der Waals surface area (Å²) in [5.74, 6) is 0.611. The van der Waals surface area contributed by atoms with E-state index in [1.54, 1.807) is 18.0 Å². The van der Waals surface area contributed by atoms with Gasteiger partial charge in [-0.15, -0.1) is 0 Å². The first-order valence-corrected chi connectivity index (χ1v) is 10.1. The molecule has 0 radical (unpaired) electrons. The van der Waals surface area contributed by atoms with Gasteiger partial charge in [0, 0.05) is 36.5 Å². The van der Waals surface area contributed by atoms with Gasteiger partial charge < -0.3 is 9.42 Å². The van der Waals surface area contributed by atoms with Gasteiger partial charge in [0.1, 0.15) is 11.5 Å². The van der Waals surface area contributed by atoms with E-state index in [2.05, 4.69) is 17.3 Å². The number of carbonyl (C=O) groups excluding carboxylic acids is 1. The van der Waals surface area contributed by atoms with Gasteiger partial charge in [0.05, 0.1) is 18.8 Å². The standard InChI is InChI=1S/C25H24N4O2/c1-19-15-23(27-31-19)18-28(2)24(30)14-13-22-17-29(16-20-9-5-3-6-10-20)26-25(22)21-11-7-4-8-12-21/h3-15,17H,16,18H2,1-2H3/b14-13+. The van der Waals surface area contributed by atoms with Crippen molar-refractivity contribution in [1.29, 1.82) is 0 Å². The Hall–Kier alpha value is -3.93. The van der Waals surface area contributed by atoms with E-state index in [1.807, 2.05) is 78.5 Å². The van der Waals surface area contributed by atoms with Crippen molar-refractivity contribution in [3.8, 4) is 11.3 Å². The van der Waals surface area contributed by atoms with Crippen molar-refractivity contribution in [3.63, 3.8) is 0 Å². The molecule has 0 spiro atoms. The molecule has 0 saturated carbocycles. The Labute approximate surface area is 181 Å². The van der Waals surface area contributed by atoms with E-state index in [1.165, 1.54) is 5.56 Å². The van der Waals surface area contributed by atoms with Crippen LogP contribution in [0.1, 0.15) is 22.6 Å². The minimum atomic E-state index is -0.115. The summed E-state index contributed by atoms with van der Waals surface area (Å²) >= 11 is 0. The molecule has 4 aromatic rings. The van der Waals surface area contributed by atoms with Gasteiger partial charge in [-0.2, -0.15) is 5.10 Å². The highest BCUT2D eigenvalue weighted by Crippen LogP contribution is 2.23. The molecule has 0 aliphatic rings. The number of aromatic nitrogens is 3. The number of likely N-dealkylation sites (N-methyl/N-ethyl adjacent to an activating group) is 1. The maximum absolute atomic E-state index is 12.6. The third-order valence-electron chi connectivity index (χ3n) is 4.88. The first-order valence-electron chi connectivity index (χ1n) is 10.1. The minimum Gasteiger partial charge on any atom is -0.361 e. The molecule has 0 bridgehead atoms. The molecule has 2 aromatic heterocycles. The van der Waals surface area contributed by atoms with Crippen molar-refractivity contribution in [1.82, 2.24) is 19.8 Å². The Kier molecular flexibility index (Phi) is 6.08. The number of hydrogen-bond acceptors (Lipinski definition) is 4. The molecule has 1 amide bonds.